The molecule has 1 aromatic heterocycles. The minimum atomic E-state index is 0.108. The fourth-order valence-electron chi connectivity index (χ4n) is 3.43. The van der Waals surface area contributed by atoms with E-state index in [1.165, 1.54) is 6.42 Å². The molecular weight excluding hydrogens is 264 g/mol. The zero-order valence-electron chi connectivity index (χ0n) is 13.5. The van der Waals surface area contributed by atoms with E-state index in [9.17, 15) is 4.79 Å². The summed E-state index contributed by atoms with van der Waals surface area (Å²) in [5.41, 5.74) is 7.59. The number of aromatic nitrogens is 2. The van der Waals surface area contributed by atoms with Crippen molar-refractivity contribution >= 4 is 5.91 Å². The average molecular weight is 292 g/mol. The highest BCUT2D eigenvalue weighted by Gasteiger charge is 2.34. The summed E-state index contributed by atoms with van der Waals surface area (Å²) in [4.78, 5) is 15.0. The molecule has 5 nitrogen and oxygen atoms in total. The van der Waals surface area contributed by atoms with Crippen LogP contribution in [0.4, 0.5) is 0 Å². The lowest BCUT2D eigenvalue weighted by molar-refractivity contribution is 0.0639. The largest absolute Gasteiger partial charge is 0.334 e. The van der Waals surface area contributed by atoms with Gasteiger partial charge in [0.25, 0.3) is 5.91 Å². The van der Waals surface area contributed by atoms with E-state index in [0.717, 1.165) is 43.7 Å². The first-order valence-electron chi connectivity index (χ1n) is 8.23. The number of aryl methyl sites for hydroxylation is 2. The number of carbonyl (C=O) groups excluding carboxylic acids is 1. The van der Waals surface area contributed by atoms with E-state index in [0.29, 0.717) is 12.5 Å². The summed E-state index contributed by atoms with van der Waals surface area (Å²) in [5.74, 6) is 0.550. The zero-order valence-corrected chi connectivity index (χ0v) is 13.5. The Hall–Kier alpha value is -1.36. The first-order chi connectivity index (χ1) is 10.2. The van der Waals surface area contributed by atoms with E-state index in [-0.39, 0.29) is 11.9 Å². The summed E-state index contributed by atoms with van der Waals surface area (Å²) in [7, 11) is 0. The molecule has 1 fully saturated rings. The van der Waals surface area contributed by atoms with E-state index >= 15 is 0 Å². The number of amides is 1. The van der Waals surface area contributed by atoms with Crippen LogP contribution in [0.15, 0.2) is 6.07 Å². The van der Waals surface area contributed by atoms with Gasteiger partial charge in [0.05, 0.1) is 5.69 Å². The van der Waals surface area contributed by atoms with Crippen LogP contribution >= 0.6 is 0 Å². The molecule has 2 atom stereocenters. The molecule has 0 bridgehead atoms. The second-order valence-corrected chi connectivity index (χ2v) is 5.78. The Bertz CT molecular complexity index is 483. The van der Waals surface area contributed by atoms with Crippen LogP contribution in [0.5, 0.6) is 0 Å². The van der Waals surface area contributed by atoms with E-state index in [4.69, 9.17) is 5.73 Å². The summed E-state index contributed by atoms with van der Waals surface area (Å²) in [5, 5.41) is 4.50. The second kappa shape index (κ2) is 7.07. The molecule has 0 aliphatic heterocycles. The summed E-state index contributed by atoms with van der Waals surface area (Å²) in [6.07, 6.45) is 4.23. The van der Waals surface area contributed by atoms with E-state index < -0.39 is 0 Å². The molecule has 1 saturated carbocycles. The van der Waals surface area contributed by atoms with Gasteiger partial charge in [-0.3, -0.25) is 9.48 Å². The fourth-order valence-corrected chi connectivity index (χ4v) is 3.43. The quantitative estimate of drug-likeness (QED) is 0.873. The zero-order chi connectivity index (χ0) is 15.4. The van der Waals surface area contributed by atoms with Crippen LogP contribution < -0.4 is 5.73 Å². The minimum absolute atomic E-state index is 0.108. The van der Waals surface area contributed by atoms with Crippen LogP contribution in [0.2, 0.25) is 0 Å². The van der Waals surface area contributed by atoms with Crippen LogP contribution in [0, 0.1) is 5.92 Å². The molecular formula is C16H28N4O. The third kappa shape index (κ3) is 3.12. The van der Waals surface area contributed by atoms with Gasteiger partial charge in [0.1, 0.15) is 5.69 Å². The van der Waals surface area contributed by atoms with Gasteiger partial charge in [0.15, 0.2) is 0 Å². The van der Waals surface area contributed by atoms with Gasteiger partial charge in [-0.15, -0.1) is 0 Å². The third-order valence-electron chi connectivity index (χ3n) is 4.64. The van der Waals surface area contributed by atoms with E-state index in [1.54, 1.807) is 0 Å². The highest BCUT2D eigenvalue weighted by atomic mass is 16.2. The molecule has 2 rings (SSSR count). The summed E-state index contributed by atoms with van der Waals surface area (Å²) < 4.78 is 1.83. The smallest absolute Gasteiger partial charge is 0.272 e. The molecule has 1 aliphatic carbocycles. The average Bonchev–Trinajstić information content (AvgIpc) is 3.13. The maximum Gasteiger partial charge on any atom is 0.272 e. The monoisotopic (exact) mass is 292 g/mol. The van der Waals surface area contributed by atoms with Crippen LogP contribution in [0.25, 0.3) is 0 Å². The van der Waals surface area contributed by atoms with Crippen LogP contribution in [-0.2, 0) is 13.0 Å². The normalized spacial score (nSPS) is 21.7. The fraction of sp³-hybridized carbons (Fsp3) is 0.750. The van der Waals surface area contributed by atoms with Crippen molar-refractivity contribution in [3.05, 3.63) is 17.5 Å². The first kappa shape index (κ1) is 16.0. The molecule has 1 aliphatic rings. The molecule has 2 N–H and O–H groups in total. The van der Waals surface area contributed by atoms with Gasteiger partial charge < -0.3 is 10.6 Å². The van der Waals surface area contributed by atoms with Gasteiger partial charge in [-0.25, -0.2) is 0 Å². The molecule has 0 radical (unpaired) electrons. The molecule has 5 heteroatoms. The topological polar surface area (TPSA) is 64.2 Å². The maximum atomic E-state index is 13.0. The minimum Gasteiger partial charge on any atom is -0.334 e. The lowest BCUT2D eigenvalue weighted by Crippen LogP contribution is -2.44. The van der Waals surface area contributed by atoms with Crippen molar-refractivity contribution in [2.24, 2.45) is 11.7 Å². The lowest BCUT2D eigenvalue weighted by atomic mass is 10.0. The van der Waals surface area contributed by atoms with Crippen molar-refractivity contribution in [1.29, 1.82) is 0 Å². The Kier molecular flexibility index (Phi) is 5.39. The summed E-state index contributed by atoms with van der Waals surface area (Å²) >= 11 is 0. The van der Waals surface area contributed by atoms with Gasteiger partial charge in [0.2, 0.25) is 0 Å². The highest BCUT2D eigenvalue weighted by Crippen LogP contribution is 2.30. The number of nitrogens with two attached hydrogens (primary N) is 1. The number of rotatable bonds is 6. The maximum absolute atomic E-state index is 13.0. The highest BCUT2D eigenvalue weighted by molar-refractivity contribution is 5.93. The number of hydrogen-bond donors (Lipinski definition) is 1. The number of nitrogens with zero attached hydrogens (tertiary/aromatic N) is 3. The molecule has 0 saturated heterocycles. The predicted octanol–water partition coefficient (Wildman–Crippen LogP) is 2.05. The van der Waals surface area contributed by atoms with Crippen LogP contribution in [-0.4, -0.2) is 39.7 Å². The van der Waals surface area contributed by atoms with Crippen molar-refractivity contribution in [3.8, 4) is 0 Å². The Morgan fingerprint density at radius 3 is 2.76 bits per heavy atom. The van der Waals surface area contributed by atoms with E-state index in [2.05, 4.69) is 18.9 Å². The predicted molar refractivity (Wildman–Crippen MR) is 84.2 cm³/mol. The van der Waals surface area contributed by atoms with Gasteiger partial charge >= 0.3 is 0 Å². The second-order valence-electron chi connectivity index (χ2n) is 5.78. The van der Waals surface area contributed by atoms with Crippen molar-refractivity contribution in [1.82, 2.24) is 14.7 Å². The molecule has 1 amide bonds. The Labute approximate surface area is 127 Å². The lowest BCUT2D eigenvalue weighted by Gasteiger charge is -2.32. The summed E-state index contributed by atoms with van der Waals surface area (Å²) in [6.45, 7) is 8.27. The molecule has 118 valence electrons. The van der Waals surface area contributed by atoms with E-state index in [1.807, 2.05) is 22.6 Å². The van der Waals surface area contributed by atoms with Gasteiger partial charge in [0, 0.05) is 19.1 Å². The number of hydrogen-bond acceptors (Lipinski definition) is 3. The molecule has 1 aromatic rings. The van der Waals surface area contributed by atoms with Crippen molar-refractivity contribution in [3.63, 3.8) is 0 Å². The standard InChI is InChI=1S/C16H28N4O/c1-4-13-10-15(20(6-3)18-13)16(21)19(5-2)14-9-7-8-12(14)11-17/h10,12,14H,4-9,11,17H2,1-3H3. The Morgan fingerprint density at radius 2 is 2.19 bits per heavy atom. The number of carbonyl (C=O) groups is 1. The van der Waals surface area contributed by atoms with Crippen molar-refractivity contribution in [2.45, 2.75) is 59.0 Å². The molecule has 2 unspecified atom stereocenters. The van der Waals surface area contributed by atoms with Crippen molar-refractivity contribution in [2.75, 3.05) is 13.1 Å². The van der Waals surface area contributed by atoms with Crippen molar-refractivity contribution < 1.29 is 4.79 Å². The molecule has 21 heavy (non-hydrogen) atoms. The third-order valence-corrected chi connectivity index (χ3v) is 4.64. The van der Waals surface area contributed by atoms with Gasteiger partial charge in [-0.2, -0.15) is 5.10 Å². The molecule has 1 heterocycles. The molecule has 0 aromatic carbocycles. The first-order valence-corrected chi connectivity index (χ1v) is 8.23. The van der Waals surface area contributed by atoms with Gasteiger partial charge in [-0.05, 0) is 51.6 Å². The Balaban J connectivity index is 2.25. The Morgan fingerprint density at radius 1 is 1.43 bits per heavy atom. The SMILES string of the molecule is CCc1cc(C(=O)N(CC)C2CCCC2CN)n(CC)n1. The van der Waals surface area contributed by atoms with Crippen LogP contribution in [0.1, 0.15) is 56.2 Å². The van der Waals surface area contributed by atoms with Gasteiger partial charge in [-0.1, -0.05) is 13.3 Å². The van der Waals surface area contributed by atoms with Crippen LogP contribution in [0.3, 0.4) is 0 Å². The molecule has 0 spiro atoms. The summed E-state index contributed by atoms with van der Waals surface area (Å²) in [6, 6.07) is 2.23.